The zero-order chi connectivity index (χ0) is 35.0. The summed E-state index contributed by atoms with van der Waals surface area (Å²) >= 11 is 0. The predicted molar refractivity (Wildman–Crippen MR) is 198 cm³/mol. The minimum Gasteiger partial charge on any atom is -0.330 e. The summed E-state index contributed by atoms with van der Waals surface area (Å²) in [7, 11) is 0. The molecule has 6 rings (SSSR count). The lowest BCUT2D eigenvalue weighted by molar-refractivity contribution is -0.136. The molecule has 2 saturated heterocycles. The van der Waals surface area contributed by atoms with Crippen molar-refractivity contribution >= 4 is 47.2 Å². The van der Waals surface area contributed by atoms with Crippen LogP contribution in [0.2, 0.25) is 0 Å². The number of anilines is 2. The van der Waals surface area contributed by atoms with Crippen molar-refractivity contribution in [3.05, 3.63) is 130 Å². The highest BCUT2D eigenvalue weighted by Gasteiger charge is 2.35. The molecule has 0 bridgehead atoms. The topological polar surface area (TPSA) is 98.8 Å². The summed E-state index contributed by atoms with van der Waals surface area (Å²) in [6.45, 7) is 5.10. The SMILES string of the molecule is Cc1cc(C=Cc2ccc(NC(=O)[C@@H]3CCCN3C(=O)Cc3ccccc3)c(C)c2)ccc1NC(=O)[C@@H]1CCCN1C(=O)Cc1ccccc1. The van der Waals surface area contributed by atoms with E-state index in [9.17, 15) is 19.2 Å². The highest BCUT2D eigenvalue weighted by Crippen LogP contribution is 2.25. The molecule has 8 heteroatoms. The van der Waals surface area contributed by atoms with Crippen LogP contribution in [-0.2, 0) is 32.0 Å². The van der Waals surface area contributed by atoms with Crippen molar-refractivity contribution in [2.45, 2.75) is 64.5 Å². The zero-order valence-corrected chi connectivity index (χ0v) is 28.7. The molecule has 0 radical (unpaired) electrons. The van der Waals surface area contributed by atoms with E-state index in [1.807, 2.05) is 123 Å². The molecule has 50 heavy (non-hydrogen) atoms. The van der Waals surface area contributed by atoms with Crippen LogP contribution in [0.1, 0.15) is 59.1 Å². The molecule has 0 saturated carbocycles. The Morgan fingerprint density at radius 2 is 1.00 bits per heavy atom. The Labute approximate surface area is 294 Å². The minimum absolute atomic E-state index is 0.0248. The quantitative estimate of drug-likeness (QED) is 0.181. The molecule has 2 N–H and O–H groups in total. The van der Waals surface area contributed by atoms with Gasteiger partial charge in [0.25, 0.3) is 0 Å². The van der Waals surface area contributed by atoms with Gasteiger partial charge in [-0.15, -0.1) is 0 Å². The number of amides is 4. The molecule has 2 atom stereocenters. The largest absolute Gasteiger partial charge is 0.330 e. The molecule has 8 nitrogen and oxygen atoms in total. The predicted octanol–water partition coefficient (Wildman–Crippen LogP) is 6.82. The number of carbonyl (C=O) groups excluding carboxylic acids is 4. The Balaban J connectivity index is 1.03. The first-order valence-corrected chi connectivity index (χ1v) is 17.4. The van der Waals surface area contributed by atoms with Gasteiger partial charge in [0.2, 0.25) is 23.6 Å². The third kappa shape index (κ3) is 8.37. The Bertz CT molecular complexity index is 1750. The summed E-state index contributed by atoms with van der Waals surface area (Å²) in [4.78, 5) is 56.0. The van der Waals surface area contributed by atoms with Crippen molar-refractivity contribution in [3.8, 4) is 0 Å². The third-order valence-electron chi connectivity index (χ3n) is 9.63. The second-order valence-electron chi connectivity index (χ2n) is 13.3. The van der Waals surface area contributed by atoms with Crippen molar-refractivity contribution in [2.24, 2.45) is 0 Å². The molecular formula is C42H44N4O4. The number of rotatable bonds is 10. The lowest BCUT2D eigenvalue weighted by atomic mass is 10.1. The maximum atomic E-state index is 13.3. The normalized spacial score (nSPS) is 17.2. The first-order valence-electron chi connectivity index (χ1n) is 17.4. The Hall–Kier alpha value is -5.50. The maximum Gasteiger partial charge on any atom is 0.247 e. The molecule has 2 heterocycles. The smallest absolute Gasteiger partial charge is 0.247 e. The summed E-state index contributed by atoms with van der Waals surface area (Å²) < 4.78 is 0. The number of likely N-dealkylation sites (tertiary alicyclic amines) is 2. The molecule has 4 amide bonds. The third-order valence-corrected chi connectivity index (χ3v) is 9.63. The molecule has 0 aliphatic carbocycles. The highest BCUT2D eigenvalue weighted by atomic mass is 16.2. The number of aryl methyl sites for hydroxylation is 2. The Morgan fingerprint density at radius 3 is 1.38 bits per heavy atom. The van der Waals surface area contributed by atoms with Gasteiger partial charge in [-0.1, -0.05) is 84.9 Å². The minimum atomic E-state index is -0.472. The molecule has 0 spiro atoms. The molecule has 4 aromatic carbocycles. The van der Waals surface area contributed by atoms with Crippen LogP contribution in [0.3, 0.4) is 0 Å². The van der Waals surface area contributed by atoms with Gasteiger partial charge in [-0.3, -0.25) is 19.2 Å². The van der Waals surface area contributed by atoms with E-state index < -0.39 is 12.1 Å². The number of hydrogen-bond donors (Lipinski definition) is 2. The Morgan fingerprint density at radius 1 is 0.600 bits per heavy atom. The van der Waals surface area contributed by atoms with Crippen LogP contribution in [0.5, 0.6) is 0 Å². The summed E-state index contributed by atoms with van der Waals surface area (Å²) in [5, 5.41) is 6.12. The first kappa shape index (κ1) is 34.4. The van der Waals surface area contributed by atoms with Crippen molar-refractivity contribution in [1.82, 2.24) is 9.80 Å². The van der Waals surface area contributed by atoms with Gasteiger partial charge in [-0.2, -0.15) is 0 Å². The summed E-state index contributed by atoms with van der Waals surface area (Å²) in [5.41, 5.74) is 7.17. The highest BCUT2D eigenvalue weighted by molar-refractivity contribution is 5.99. The Kier molecular flexibility index (Phi) is 10.9. The molecule has 2 aliphatic heterocycles. The first-order chi connectivity index (χ1) is 24.2. The average Bonchev–Trinajstić information content (AvgIpc) is 3.82. The van der Waals surface area contributed by atoms with Crippen molar-refractivity contribution < 1.29 is 19.2 Å². The standard InChI is InChI=1S/C42H44N4O4/c1-29-25-33(19-21-35(29)43-41(49)37-15-9-23-45(37)39(47)27-31-11-5-3-6-12-31)17-18-34-20-22-36(30(2)26-34)44-42(50)38-16-10-24-46(38)40(48)28-32-13-7-4-8-14-32/h3-8,11-14,17-22,25-26,37-38H,9-10,15-16,23-24,27-28H2,1-2H3,(H,43,49)(H,44,50)/t37-,38-/m0/s1. The average molecular weight is 669 g/mol. The van der Waals surface area contributed by atoms with Crippen LogP contribution in [0.25, 0.3) is 12.2 Å². The lowest BCUT2D eigenvalue weighted by Crippen LogP contribution is -2.43. The molecule has 2 aliphatic rings. The summed E-state index contributed by atoms with van der Waals surface area (Å²) in [6, 6.07) is 30.1. The van der Waals surface area contributed by atoms with E-state index in [4.69, 9.17) is 0 Å². The van der Waals surface area contributed by atoms with Gasteiger partial charge in [-0.05, 0) is 97.2 Å². The van der Waals surface area contributed by atoms with Crippen LogP contribution < -0.4 is 10.6 Å². The summed E-state index contributed by atoms with van der Waals surface area (Å²) in [5.74, 6) is -0.360. The van der Waals surface area contributed by atoms with E-state index in [0.717, 1.165) is 57.6 Å². The van der Waals surface area contributed by atoms with Crippen molar-refractivity contribution in [1.29, 1.82) is 0 Å². The molecular weight excluding hydrogens is 624 g/mol. The molecule has 0 aromatic heterocycles. The number of hydrogen-bond acceptors (Lipinski definition) is 4. The van der Waals surface area contributed by atoms with Crippen LogP contribution in [0.4, 0.5) is 11.4 Å². The van der Waals surface area contributed by atoms with Crippen LogP contribution >= 0.6 is 0 Å². The summed E-state index contributed by atoms with van der Waals surface area (Å²) in [6.07, 6.45) is 7.54. The monoisotopic (exact) mass is 668 g/mol. The fourth-order valence-corrected chi connectivity index (χ4v) is 6.91. The maximum absolute atomic E-state index is 13.3. The van der Waals surface area contributed by atoms with E-state index in [2.05, 4.69) is 10.6 Å². The van der Waals surface area contributed by atoms with Gasteiger partial charge in [0.15, 0.2) is 0 Å². The fraction of sp³-hybridized carbons (Fsp3) is 0.286. The molecule has 4 aromatic rings. The van der Waals surface area contributed by atoms with Gasteiger partial charge in [0, 0.05) is 24.5 Å². The van der Waals surface area contributed by atoms with E-state index in [-0.39, 0.29) is 23.6 Å². The van der Waals surface area contributed by atoms with E-state index >= 15 is 0 Å². The molecule has 256 valence electrons. The molecule has 0 unspecified atom stereocenters. The number of nitrogens with zero attached hydrogens (tertiary/aromatic N) is 2. The van der Waals surface area contributed by atoms with Crippen LogP contribution in [0.15, 0.2) is 97.1 Å². The second-order valence-corrected chi connectivity index (χ2v) is 13.3. The van der Waals surface area contributed by atoms with Crippen molar-refractivity contribution in [3.63, 3.8) is 0 Å². The van der Waals surface area contributed by atoms with Gasteiger partial charge in [0.1, 0.15) is 12.1 Å². The van der Waals surface area contributed by atoms with Gasteiger partial charge >= 0.3 is 0 Å². The molecule has 2 fully saturated rings. The van der Waals surface area contributed by atoms with E-state index in [1.165, 1.54) is 0 Å². The zero-order valence-electron chi connectivity index (χ0n) is 28.7. The van der Waals surface area contributed by atoms with Gasteiger partial charge < -0.3 is 20.4 Å². The fourth-order valence-electron chi connectivity index (χ4n) is 6.91. The van der Waals surface area contributed by atoms with Gasteiger partial charge in [-0.25, -0.2) is 0 Å². The van der Waals surface area contributed by atoms with E-state index in [0.29, 0.717) is 38.8 Å². The van der Waals surface area contributed by atoms with Crippen molar-refractivity contribution in [2.75, 3.05) is 23.7 Å². The van der Waals surface area contributed by atoms with Crippen LogP contribution in [0, 0.1) is 13.8 Å². The number of benzene rings is 4. The van der Waals surface area contributed by atoms with E-state index in [1.54, 1.807) is 9.80 Å². The van der Waals surface area contributed by atoms with Crippen LogP contribution in [-0.4, -0.2) is 58.6 Å². The second kappa shape index (κ2) is 15.8. The van der Waals surface area contributed by atoms with Gasteiger partial charge in [0.05, 0.1) is 12.8 Å². The number of carbonyl (C=O) groups is 4. The number of nitrogens with one attached hydrogen (secondary N) is 2. The lowest BCUT2D eigenvalue weighted by Gasteiger charge is -2.24.